The van der Waals surface area contributed by atoms with Crippen molar-refractivity contribution in [2.24, 2.45) is 0 Å². The van der Waals surface area contributed by atoms with Gasteiger partial charge in [-0.05, 0) is 30.0 Å². The minimum Gasteiger partial charge on any atom is -0.325 e. The maximum absolute atomic E-state index is 4.40. The van der Waals surface area contributed by atoms with Gasteiger partial charge in [-0.25, -0.2) is 4.98 Å². The molecule has 4 heteroatoms. The van der Waals surface area contributed by atoms with Gasteiger partial charge in [-0.2, -0.15) is 0 Å². The van der Waals surface area contributed by atoms with E-state index in [1.165, 1.54) is 0 Å². The summed E-state index contributed by atoms with van der Waals surface area (Å²) in [6.45, 7) is 5.77. The average Bonchev–Trinajstić information content (AvgIpc) is 2.67. The molecule has 0 spiro atoms. The number of para-hydroxylation sites is 2. The highest BCUT2D eigenvalue weighted by atomic mass is 32.1. The summed E-state index contributed by atoms with van der Waals surface area (Å²) >= 11 is 4.12. The zero-order valence-electron chi connectivity index (χ0n) is 8.99. The van der Waals surface area contributed by atoms with E-state index in [2.05, 4.69) is 34.5 Å². The number of nitrogens with zero attached hydrogens (tertiary/aromatic N) is 1. The lowest BCUT2D eigenvalue weighted by Gasteiger charge is -2.05. The first-order valence-corrected chi connectivity index (χ1v) is 5.44. The smallest absolute Gasteiger partial charge is 0.205 e. The van der Waals surface area contributed by atoms with E-state index < -0.39 is 0 Å². The SMILES string of the molecule is C=C(C)/C(=C\S)Nc1nc2ccccc2[nH]1. The van der Waals surface area contributed by atoms with Crippen molar-refractivity contribution in [3.63, 3.8) is 0 Å². The molecule has 1 aromatic carbocycles. The van der Waals surface area contributed by atoms with Gasteiger partial charge < -0.3 is 10.3 Å². The van der Waals surface area contributed by atoms with Crippen LogP contribution in [0.15, 0.2) is 47.5 Å². The molecule has 0 atom stereocenters. The first-order chi connectivity index (χ1) is 7.70. The monoisotopic (exact) mass is 231 g/mol. The van der Waals surface area contributed by atoms with Gasteiger partial charge in [0.05, 0.1) is 11.0 Å². The number of aromatic nitrogens is 2. The summed E-state index contributed by atoms with van der Waals surface area (Å²) < 4.78 is 0. The molecule has 0 fully saturated rings. The Morgan fingerprint density at radius 3 is 2.88 bits per heavy atom. The normalized spacial score (nSPS) is 11.8. The predicted octanol–water partition coefficient (Wildman–Crippen LogP) is 3.32. The molecule has 2 N–H and O–H groups in total. The molecular formula is C12H13N3S. The number of nitrogens with one attached hydrogen (secondary N) is 2. The van der Waals surface area contributed by atoms with E-state index in [-0.39, 0.29) is 0 Å². The zero-order chi connectivity index (χ0) is 11.5. The van der Waals surface area contributed by atoms with Crippen LogP contribution in [0.3, 0.4) is 0 Å². The maximum Gasteiger partial charge on any atom is 0.205 e. The van der Waals surface area contributed by atoms with E-state index in [9.17, 15) is 0 Å². The summed E-state index contributed by atoms with van der Waals surface area (Å²) in [5.74, 6) is 0.699. The van der Waals surface area contributed by atoms with Crippen molar-refractivity contribution in [2.45, 2.75) is 6.92 Å². The quantitative estimate of drug-likeness (QED) is 0.560. The Hall–Kier alpha value is -1.68. The van der Waals surface area contributed by atoms with Gasteiger partial charge in [-0.15, -0.1) is 12.6 Å². The van der Waals surface area contributed by atoms with E-state index in [1.54, 1.807) is 5.41 Å². The second-order valence-corrected chi connectivity index (χ2v) is 3.81. The lowest BCUT2D eigenvalue weighted by atomic mass is 10.3. The van der Waals surface area contributed by atoms with Gasteiger partial charge in [0, 0.05) is 5.70 Å². The number of anilines is 1. The highest BCUT2D eigenvalue weighted by molar-refractivity contribution is 7.83. The molecule has 16 heavy (non-hydrogen) atoms. The summed E-state index contributed by atoms with van der Waals surface area (Å²) in [6, 6.07) is 7.87. The molecule has 0 aliphatic rings. The Balaban J connectivity index is 2.31. The number of hydrogen-bond donors (Lipinski definition) is 3. The van der Waals surface area contributed by atoms with Gasteiger partial charge >= 0.3 is 0 Å². The lowest BCUT2D eigenvalue weighted by Crippen LogP contribution is -2.00. The average molecular weight is 231 g/mol. The van der Waals surface area contributed by atoms with Crippen LogP contribution in [0.25, 0.3) is 11.0 Å². The molecule has 1 aromatic heterocycles. The molecule has 0 aliphatic heterocycles. The zero-order valence-corrected chi connectivity index (χ0v) is 9.88. The fraction of sp³-hybridized carbons (Fsp3) is 0.0833. The molecule has 0 bridgehead atoms. The van der Waals surface area contributed by atoms with Gasteiger partial charge in [0.2, 0.25) is 5.95 Å². The molecule has 0 saturated carbocycles. The molecule has 0 unspecified atom stereocenters. The summed E-state index contributed by atoms with van der Waals surface area (Å²) in [6.07, 6.45) is 0. The van der Waals surface area contributed by atoms with Gasteiger partial charge in [0.15, 0.2) is 0 Å². The number of allylic oxidation sites excluding steroid dienone is 1. The largest absolute Gasteiger partial charge is 0.325 e. The minimum absolute atomic E-state index is 0.699. The standard InChI is InChI=1S/C12H13N3S/c1-8(2)11(7-16)15-12-13-9-5-3-4-6-10(9)14-12/h3-7,16H,1H2,2H3,(H2,13,14,15)/b11-7+. The Bertz CT molecular complexity index is 521. The van der Waals surface area contributed by atoms with Gasteiger partial charge in [-0.1, -0.05) is 18.7 Å². The maximum atomic E-state index is 4.40. The Labute approximate surface area is 99.7 Å². The van der Waals surface area contributed by atoms with Crippen LogP contribution in [0.1, 0.15) is 6.92 Å². The molecule has 0 amide bonds. The van der Waals surface area contributed by atoms with Crippen LogP contribution in [-0.4, -0.2) is 9.97 Å². The number of rotatable bonds is 3. The molecule has 2 rings (SSSR count). The minimum atomic E-state index is 0.699. The van der Waals surface area contributed by atoms with Crippen molar-refractivity contribution in [2.75, 3.05) is 5.32 Å². The molecule has 0 radical (unpaired) electrons. The van der Waals surface area contributed by atoms with Crippen LogP contribution in [0.2, 0.25) is 0 Å². The number of imidazole rings is 1. The third kappa shape index (κ3) is 2.12. The number of aromatic amines is 1. The van der Waals surface area contributed by atoms with Crippen molar-refractivity contribution in [1.82, 2.24) is 9.97 Å². The fourth-order valence-corrected chi connectivity index (χ4v) is 1.67. The van der Waals surface area contributed by atoms with Crippen molar-refractivity contribution in [1.29, 1.82) is 0 Å². The number of hydrogen-bond acceptors (Lipinski definition) is 3. The van der Waals surface area contributed by atoms with Crippen LogP contribution in [-0.2, 0) is 0 Å². The molecule has 0 saturated heterocycles. The molecule has 0 aliphatic carbocycles. The topological polar surface area (TPSA) is 40.7 Å². The lowest BCUT2D eigenvalue weighted by molar-refractivity contribution is 1.25. The van der Waals surface area contributed by atoms with Crippen LogP contribution >= 0.6 is 12.6 Å². The third-order valence-corrected chi connectivity index (χ3v) is 2.49. The highest BCUT2D eigenvalue weighted by Crippen LogP contribution is 2.16. The number of benzene rings is 1. The van der Waals surface area contributed by atoms with Crippen LogP contribution in [0.4, 0.5) is 5.95 Å². The van der Waals surface area contributed by atoms with Crippen molar-refractivity contribution in [3.05, 3.63) is 47.5 Å². The molecule has 3 nitrogen and oxygen atoms in total. The van der Waals surface area contributed by atoms with Crippen molar-refractivity contribution >= 4 is 29.6 Å². The number of fused-ring (bicyclic) bond motifs is 1. The van der Waals surface area contributed by atoms with E-state index in [1.807, 2.05) is 31.2 Å². The number of H-pyrrole nitrogens is 1. The third-order valence-electron chi connectivity index (χ3n) is 2.23. The van der Waals surface area contributed by atoms with Crippen molar-refractivity contribution in [3.8, 4) is 0 Å². The van der Waals surface area contributed by atoms with Crippen LogP contribution in [0.5, 0.6) is 0 Å². The summed E-state index contributed by atoms with van der Waals surface area (Å²) in [4.78, 5) is 7.58. The van der Waals surface area contributed by atoms with Crippen LogP contribution in [0, 0.1) is 0 Å². The Morgan fingerprint density at radius 2 is 2.25 bits per heavy atom. The summed E-state index contributed by atoms with van der Waals surface area (Å²) in [7, 11) is 0. The summed E-state index contributed by atoms with van der Waals surface area (Å²) in [5, 5.41) is 4.81. The second kappa shape index (κ2) is 4.45. The Morgan fingerprint density at radius 1 is 1.50 bits per heavy atom. The fourth-order valence-electron chi connectivity index (χ4n) is 1.39. The second-order valence-electron chi connectivity index (χ2n) is 3.55. The molecule has 1 heterocycles. The molecule has 82 valence electrons. The number of thiol groups is 1. The Kier molecular flexibility index (Phi) is 3.01. The van der Waals surface area contributed by atoms with Gasteiger partial charge in [-0.3, -0.25) is 0 Å². The van der Waals surface area contributed by atoms with Crippen molar-refractivity contribution < 1.29 is 0 Å². The first kappa shape index (κ1) is 10.8. The molecule has 2 aromatic rings. The summed E-state index contributed by atoms with van der Waals surface area (Å²) in [5.41, 5.74) is 3.70. The van der Waals surface area contributed by atoms with Gasteiger partial charge in [0.25, 0.3) is 0 Å². The van der Waals surface area contributed by atoms with E-state index in [0.717, 1.165) is 22.3 Å². The first-order valence-electron chi connectivity index (χ1n) is 4.92. The molecular weight excluding hydrogens is 218 g/mol. The highest BCUT2D eigenvalue weighted by Gasteiger charge is 2.03. The van der Waals surface area contributed by atoms with E-state index >= 15 is 0 Å². The van der Waals surface area contributed by atoms with Crippen LogP contribution < -0.4 is 5.32 Å². The predicted molar refractivity (Wildman–Crippen MR) is 71.6 cm³/mol. The van der Waals surface area contributed by atoms with E-state index in [4.69, 9.17) is 0 Å². The van der Waals surface area contributed by atoms with E-state index in [0.29, 0.717) is 5.95 Å². The van der Waals surface area contributed by atoms with Gasteiger partial charge in [0.1, 0.15) is 0 Å².